The fraction of sp³-hybridized carbons (Fsp3) is 0.684. The van der Waals surface area contributed by atoms with Gasteiger partial charge in [0.25, 0.3) is 0 Å². The fourth-order valence-electron chi connectivity index (χ4n) is 3.57. The van der Waals surface area contributed by atoms with Crippen molar-refractivity contribution in [3.8, 4) is 0 Å². The average Bonchev–Trinajstić information content (AvgIpc) is 2.63. The van der Waals surface area contributed by atoms with Crippen molar-refractivity contribution in [1.29, 1.82) is 0 Å². The summed E-state index contributed by atoms with van der Waals surface area (Å²) in [6.07, 6.45) is 4.58. The molecule has 23 heavy (non-hydrogen) atoms. The number of ether oxygens (including phenoxy) is 1. The molecule has 0 aromatic heterocycles. The Morgan fingerprint density at radius 1 is 1.00 bits per heavy atom. The van der Waals surface area contributed by atoms with Crippen LogP contribution in [-0.2, 0) is 11.3 Å². The summed E-state index contributed by atoms with van der Waals surface area (Å²) in [6, 6.07) is 8.96. The van der Waals surface area contributed by atoms with Crippen LogP contribution >= 0.6 is 0 Å². The van der Waals surface area contributed by atoms with Gasteiger partial charge in [0.2, 0.25) is 0 Å². The highest BCUT2D eigenvalue weighted by molar-refractivity contribution is 5.47. The second-order valence-corrected chi connectivity index (χ2v) is 6.97. The van der Waals surface area contributed by atoms with Crippen LogP contribution in [0.25, 0.3) is 0 Å². The number of aliphatic hydroxyl groups is 1. The molecule has 2 heterocycles. The molecular weight excluding hydrogens is 288 g/mol. The smallest absolute Gasteiger partial charge is 0.0469 e. The molecule has 0 aliphatic carbocycles. The third kappa shape index (κ3) is 4.93. The quantitative estimate of drug-likeness (QED) is 0.845. The SMILES string of the molecule is OCC1CCN(c2ccc(CNCC3CCOCC3)cc2)CC1. The molecule has 1 aromatic rings. The van der Waals surface area contributed by atoms with Crippen molar-refractivity contribution in [1.82, 2.24) is 5.32 Å². The first-order valence-corrected chi connectivity index (χ1v) is 9.08. The van der Waals surface area contributed by atoms with Gasteiger partial charge >= 0.3 is 0 Å². The van der Waals surface area contributed by atoms with E-state index < -0.39 is 0 Å². The molecule has 1 aromatic carbocycles. The predicted octanol–water partition coefficient (Wildman–Crippen LogP) is 2.41. The van der Waals surface area contributed by atoms with E-state index in [1.807, 2.05) is 0 Å². The first-order chi connectivity index (χ1) is 11.3. The van der Waals surface area contributed by atoms with E-state index in [1.165, 1.54) is 24.1 Å². The highest BCUT2D eigenvalue weighted by atomic mass is 16.5. The normalized spacial score (nSPS) is 20.8. The minimum Gasteiger partial charge on any atom is -0.396 e. The topological polar surface area (TPSA) is 44.7 Å². The van der Waals surface area contributed by atoms with E-state index in [0.29, 0.717) is 12.5 Å². The van der Waals surface area contributed by atoms with Crippen LogP contribution < -0.4 is 10.2 Å². The van der Waals surface area contributed by atoms with Crippen LogP contribution in [0.4, 0.5) is 5.69 Å². The molecule has 2 N–H and O–H groups in total. The molecule has 4 nitrogen and oxygen atoms in total. The molecule has 2 fully saturated rings. The minimum absolute atomic E-state index is 0.339. The summed E-state index contributed by atoms with van der Waals surface area (Å²) in [5.74, 6) is 1.27. The Hall–Kier alpha value is -1.10. The van der Waals surface area contributed by atoms with Crippen LogP contribution in [0.5, 0.6) is 0 Å². The largest absolute Gasteiger partial charge is 0.396 e. The number of aliphatic hydroxyl groups excluding tert-OH is 1. The zero-order valence-corrected chi connectivity index (χ0v) is 14.0. The van der Waals surface area contributed by atoms with Crippen LogP contribution in [0.15, 0.2) is 24.3 Å². The minimum atomic E-state index is 0.339. The Morgan fingerprint density at radius 2 is 1.70 bits per heavy atom. The monoisotopic (exact) mass is 318 g/mol. The lowest BCUT2D eigenvalue weighted by Gasteiger charge is -2.33. The Labute approximate surface area is 139 Å². The van der Waals surface area contributed by atoms with Crippen LogP contribution in [-0.4, -0.2) is 44.6 Å². The van der Waals surface area contributed by atoms with Gasteiger partial charge in [-0.25, -0.2) is 0 Å². The Balaban J connectivity index is 1.42. The van der Waals surface area contributed by atoms with Gasteiger partial charge in [-0.2, -0.15) is 0 Å². The van der Waals surface area contributed by atoms with Crippen LogP contribution in [0.2, 0.25) is 0 Å². The molecule has 0 radical (unpaired) electrons. The molecule has 128 valence electrons. The number of nitrogens with zero attached hydrogens (tertiary/aromatic N) is 1. The van der Waals surface area contributed by atoms with Gasteiger partial charge in [0.15, 0.2) is 0 Å². The molecule has 0 amide bonds. The second-order valence-electron chi connectivity index (χ2n) is 6.97. The van der Waals surface area contributed by atoms with Crippen molar-refractivity contribution in [2.45, 2.75) is 32.2 Å². The highest BCUT2D eigenvalue weighted by Gasteiger charge is 2.18. The van der Waals surface area contributed by atoms with Gasteiger partial charge in [0.1, 0.15) is 0 Å². The maximum Gasteiger partial charge on any atom is 0.0469 e. The van der Waals surface area contributed by atoms with E-state index in [4.69, 9.17) is 4.74 Å². The number of anilines is 1. The molecule has 0 spiro atoms. The van der Waals surface area contributed by atoms with Crippen molar-refractivity contribution in [3.05, 3.63) is 29.8 Å². The van der Waals surface area contributed by atoms with E-state index in [0.717, 1.165) is 58.2 Å². The summed E-state index contributed by atoms with van der Waals surface area (Å²) in [5, 5.41) is 12.8. The number of nitrogens with one attached hydrogen (secondary N) is 1. The molecule has 0 unspecified atom stereocenters. The number of hydrogen-bond acceptors (Lipinski definition) is 4. The number of rotatable bonds is 6. The molecule has 2 saturated heterocycles. The van der Waals surface area contributed by atoms with Gasteiger partial charge in [-0.05, 0) is 61.8 Å². The van der Waals surface area contributed by atoms with E-state index in [1.54, 1.807) is 0 Å². The first-order valence-electron chi connectivity index (χ1n) is 9.08. The summed E-state index contributed by atoms with van der Waals surface area (Å²) < 4.78 is 5.40. The Bertz CT molecular complexity index is 449. The average molecular weight is 318 g/mol. The maximum atomic E-state index is 9.23. The second kappa shape index (κ2) is 8.67. The van der Waals surface area contributed by atoms with E-state index in [-0.39, 0.29) is 0 Å². The zero-order valence-electron chi connectivity index (χ0n) is 14.0. The highest BCUT2D eigenvalue weighted by Crippen LogP contribution is 2.23. The van der Waals surface area contributed by atoms with E-state index in [2.05, 4.69) is 34.5 Å². The number of piperidine rings is 1. The predicted molar refractivity (Wildman–Crippen MR) is 93.7 cm³/mol. The van der Waals surface area contributed by atoms with Gasteiger partial charge in [-0.15, -0.1) is 0 Å². The van der Waals surface area contributed by atoms with Gasteiger partial charge in [0.05, 0.1) is 0 Å². The number of hydrogen-bond donors (Lipinski definition) is 2. The molecule has 4 heteroatoms. The lowest BCUT2D eigenvalue weighted by atomic mass is 9.97. The molecular formula is C19H30N2O2. The standard InChI is InChI=1S/C19H30N2O2/c22-15-18-5-9-21(10-6-18)19-3-1-16(2-4-19)13-20-14-17-7-11-23-12-8-17/h1-4,17-18,20,22H,5-15H2. The molecule has 3 rings (SSSR count). The Morgan fingerprint density at radius 3 is 2.35 bits per heavy atom. The van der Waals surface area contributed by atoms with Crippen molar-refractivity contribution >= 4 is 5.69 Å². The van der Waals surface area contributed by atoms with E-state index >= 15 is 0 Å². The van der Waals surface area contributed by atoms with Crippen molar-refractivity contribution in [3.63, 3.8) is 0 Å². The van der Waals surface area contributed by atoms with Gasteiger partial charge in [-0.3, -0.25) is 0 Å². The van der Waals surface area contributed by atoms with Crippen molar-refractivity contribution in [2.75, 3.05) is 44.4 Å². The van der Waals surface area contributed by atoms with E-state index in [9.17, 15) is 5.11 Å². The van der Waals surface area contributed by atoms with Crippen molar-refractivity contribution < 1.29 is 9.84 Å². The molecule has 0 bridgehead atoms. The zero-order chi connectivity index (χ0) is 15.9. The molecule has 0 atom stereocenters. The van der Waals surface area contributed by atoms with Gasteiger partial charge in [0, 0.05) is 45.1 Å². The lowest BCUT2D eigenvalue weighted by molar-refractivity contribution is 0.0662. The van der Waals surface area contributed by atoms with Crippen LogP contribution in [0, 0.1) is 11.8 Å². The Kier molecular flexibility index (Phi) is 6.31. The summed E-state index contributed by atoms with van der Waals surface area (Å²) in [5.41, 5.74) is 2.67. The number of benzene rings is 1. The first kappa shape index (κ1) is 16.7. The fourth-order valence-corrected chi connectivity index (χ4v) is 3.57. The summed E-state index contributed by atoms with van der Waals surface area (Å²) in [6.45, 7) is 6.36. The third-order valence-electron chi connectivity index (χ3n) is 5.28. The van der Waals surface area contributed by atoms with Crippen molar-refractivity contribution in [2.24, 2.45) is 11.8 Å². The third-order valence-corrected chi connectivity index (χ3v) is 5.28. The summed E-state index contributed by atoms with van der Waals surface area (Å²) in [4.78, 5) is 2.44. The lowest BCUT2D eigenvalue weighted by Crippen LogP contribution is -2.34. The molecule has 2 aliphatic rings. The molecule has 0 saturated carbocycles. The summed E-state index contributed by atoms with van der Waals surface area (Å²) >= 11 is 0. The van der Waals surface area contributed by atoms with Gasteiger partial charge < -0.3 is 20.1 Å². The molecule has 2 aliphatic heterocycles. The maximum absolute atomic E-state index is 9.23. The van der Waals surface area contributed by atoms with Crippen LogP contribution in [0.3, 0.4) is 0 Å². The van der Waals surface area contributed by atoms with Gasteiger partial charge in [-0.1, -0.05) is 12.1 Å². The van der Waals surface area contributed by atoms with Crippen LogP contribution in [0.1, 0.15) is 31.2 Å². The summed E-state index contributed by atoms with van der Waals surface area (Å²) in [7, 11) is 0.